The Labute approximate surface area is 155 Å². The molecule has 0 fully saturated rings. The van der Waals surface area contributed by atoms with Crippen molar-refractivity contribution in [2.24, 2.45) is 0 Å². The highest BCUT2D eigenvalue weighted by atomic mass is 35.5. The SMILES string of the molecule is O=c1/c(=C/c2ccc([N+](=O)[O-])cc2)sc2nnc(-c3ccccc3Cl)n12. The van der Waals surface area contributed by atoms with Crippen LogP contribution in [0.3, 0.4) is 0 Å². The molecule has 0 aliphatic carbocycles. The highest BCUT2D eigenvalue weighted by Gasteiger charge is 2.16. The number of halogens is 1. The van der Waals surface area contributed by atoms with Gasteiger partial charge in [0.25, 0.3) is 11.2 Å². The fourth-order valence-electron chi connectivity index (χ4n) is 2.52. The number of rotatable bonds is 3. The van der Waals surface area contributed by atoms with Gasteiger partial charge in [-0.25, -0.2) is 4.40 Å². The van der Waals surface area contributed by atoms with Gasteiger partial charge >= 0.3 is 0 Å². The first-order valence-electron chi connectivity index (χ1n) is 7.43. The lowest BCUT2D eigenvalue weighted by atomic mass is 10.2. The Morgan fingerprint density at radius 2 is 1.85 bits per heavy atom. The highest BCUT2D eigenvalue weighted by molar-refractivity contribution is 7.15. The van der Waals surface area contributed by atoms with Gasteiger partial charge in [-0.3, -0.25) is 14.9 Å². The molecule has 0 radical (unpaired) electrons. The van der Waals surface area contributed by atoms with E-state index < -0.39 is 4.92 Å². The maximum Gasteiger partial charge on any atom is 0.276 e. The van der Waals surface area contributed by atoms with Crippen molar-refractivity contribution in [1.82, 2.24) is 14.6 Å². The molecule has 0 unspecified atom stereocenters. The van der Waals surface area contributed by atoms with Gasteiger partial charge in [0.15, 0.2) is 5.82 Å². The molecule has 0 aliphatic heterocycles. The molecular formula is C17H9ClN4O3S. The number of nitro benzene ring substituents is 1. The van der Waals surface area contributed by atoms with Crippen LogP contribution in [0.1, 0.15) is 5.56 Å². The number of nitrogens with zero attached hydrogens (tertiary/aromatic N) is 4. The molecule has 4 rings (SSSR count). The summed E-state index contributed by atoms with van der Waals surface area (Å²) in [7, 11) is 0. The molecule has 0 aliphatic rings. The molecular weight excluding hydrogens is 376 g/mol. The maximum atomic E-state index is 12.8. The van der Waals surface area contributed by atoms with Gasteiger partial charge in [0.2, 0.25) is 4.96 Å². The molecule has 0 spiro atoms. The first-order valence-corrected chi connectivity index (χ1v) is 8.63. The van der Waals surface area contributed by atoms with Gasteiger partial charge in [-0.15, -0.1) is 10.2 Å². The van der Waals surface area contributed by atoms with Gasteiger partial charge in [0.1, 0.15) is 0 Å². The Bertz CT molecular complexity index is 1250. The van der Waals surface area contributed by atoms with Gasteiger partial charge in [-0.05, 0) is 35.9 Å². The number of benzene rings is 2. The van der Waals surface area contributed by atoms with Gasteiger partial charge in [-0.1, -0.05) is 35.1 Å². The second kappa shape index (κ2) is 6.32. The average molecular weight is 385 g/mol. The lowest BCUT2D eigenvalue weighted by Gasteiger charge is -1.99. The van der Waals surface area contributed by atoms with E-state index in [1.54, 1.807) is 36.4 Å². The van der Waals surface area contributed by atoms with Crippen LogP contribution < -0.4 is 10.1 Å². The zero-order chi connectivity index (χ0) is 18.3. The van der Waals surface area contributed by atoms with Crippen LogP contribution in [0.2, 0.25) is 5.02 Å². The third-order valence-electron chi connectivity index (χ3n) is 3.76. The van der Waals surface area contributed by atoms with E-state index in [2.05, 4.69) is 10.2 Å². The number of aromatic nitrogens is 3. The summed E-state index contributed by atoms with van der Waals surface area (Å²) < 4.78 is 1.88. The van der Waals surface area contributed by atoms with Crippen molar-refractivity contribution in [2.75, 3.05) is 0 Å². The highest BCUT2D eigenvalue weighted by Crippen LogP contribution is 2.25. The van der Waals surface area contributed by atoms with Crippen LogP contribution >= 0.6 is 22.9 Å². The minimum atomic E-state index is -0.469. The molecule has 0 amide bonds. The van der Waals surface area contributed by atoms with Crippen LogP contribution in [0, 0.1) is 10.1 Å². The second-order valence-corrected chi connectivity index (χ2v) is 6.80. The largest absolute Gasteiger partial charge is 0.276 e. The van der Waals surface area contributed by atoms with Gasteiger partial charge < -0.3 is 0 Å². The Morgan fingerprint density at radius 1 is 1.12 bits per heavy atom. The Hall–Kier alpha value is -3.10. The van der Waals surface area contributed by atoms with Crippen molar-refractivity contribution in [1.29, 1.82) is 0 Å². The van der Waals surface area contributed by atoms with Gasteiger partial charge in [0, 0.05) is 17.7 Å². The quantitative estimate of drug-likeness (QED) is 0.400. The van der Waals surface area contributed by atoms with Crippen molar-refractivity contribution in [3.05, 3.63) is 84.1 Å². The topological polar surface area (TPSA) is 90.4 Å². The molecule has 0 atom stereocenters. The summed E-state index contributed by atoms with van der Waals surface area (Å²) in [6.45, 7) is 0. The van der Waals surface area contributed by atoms with Crippen LogP contribution in [0.4, 0.5) is 5.69 Å². The van der Waals surface area contributed by atoms with E-state index in [1.165, 1.54) is 27.9 Å². The van der Waals surface area contributed by atoms with E-state index >= 15 is 0 Å². The van der Waals surface area contributed by atoms with E-state index in [-0.39, 0.29) is 11.2 Å². The average Bonchev–Trinajstić information content (AvgIpc) is 3.17. The molecule has 128 valence electrons. The molecule has 0 saturated heterocycles. The Balaban J connectivity index is 1.86. The lowest BCUT2D eigenvalue weighted by molar-refractivity contribution is -0.384. The molecule has 0 saturated carbocycles. The fraction of sp³-hybridized carbons (Fsp3) is 0. The van der Waals surface area contributed by atoms with E-state index in [1.807, 2.05) is 6.07 Å². The zero-order valence-corrected chi connectivity index (χ0v) is 14.6. The zero-order valence-electron chi connectivity index (χ0n) is 13.0. The Morgan fingerprint density at radius 3 is 2.54 bits per heavy atom. The predicted molar refractivity (Wildman–Crippen MR) is 99.5 cm³/mol. The van der Waals surface area contributed by atoms with Gasteiger partial charge in [-0.2, -0.15) is 0 Å². The second-order valence-electron chi connectivity index (χ2n) is 5.39. The van der Waals surface area contributed by atoms with E-state index in [4.69, 9.17) is 11.6 Å². The van der Waals surface area contributed by atoms with E-state index in [0.29, 0.717) is 31.5 Å². The first kappa shape index (κ1) is 16.4. The standard InChI is InChI=1S/C17H9ClN4O3S/c18-13-4-2-1-3-12(13)15-19-20-17-21(15)16(23)14(26-17)9-10-5-7-11(8-6-10)22(24)25/h1-9H/b14-9-. The summed E-state index contributed by atoms with van der Waals surface area (Å²) in [6, 6.07) is 13.1. The molecule has 0 N–H and O–H groups in total. The monoisotopic (exact) mass is 384 g/mol. The summed E-state index contributed by atoms with van der Waals surface area (Å²) >= 11 is 7.40. The molecule has 26 heavy (non-hydrogen) atoms. The molecule has 9 heteroatoms. The van der Waals surface area contributed by atoms with Crippen LogP contribution in [0.25, 0.3) is 22.4 Å². The van der Waals surface area contributed by atoms with E-state index in [0.717, 1.165) is 0 Å². The number of non-ortho nitro benzene ring substituents is 1. The van der Waals surface area contributed by atoms with E-state index in [9.17, 15) is 14.9 Å². The molecule has 4 aromatic rings. The van der Waals surface area contributed by atoms with Crippen molar-refractivity contribution < 1.29 is 4.92 Å². The predicted octanol–water partition coefficient (Wildman–Crippen LogP) is 2.93. The molecule has 2 aromatic carbocycles. The Kier molecular flexibility index (Phi) is 3.98. The van der Waals surface area contributed by atoms with Crippen LogP contribution in [-0.2, 0) is 0 Å². The van der Waals surface area contributed by atoms with Crippen molar-refractivity contribution >= 4 is 39.7 Å². The number of nitro groups is 1. The minimum Gasteiger partial charge on any atom is -0.267 e. The number of hydrogen-bond donors (Lipinski definition) is 0. The summed E-state index contributed by atoms with van der Waals surface area (Å²) in [4.78, 5) is 23.5. The van der Waals surface area contributed by atoms with Crippen LogP contribution in [-0.4, -0.2) is 19.5 Å². The summed E-state index contributed by atoms with van der Waals surface area (Å²) in [5, 5.41) is 19.3. The molecule has 2 heterocycles. The number of fused-ring (bicyclic) bond motifs is 1. The molecule has 0 bridgehead atoms. The first-order chi connectivity index (χ1) is 12.5. The number of thiazole rings is 1. The smallest absolute Gasteiger partial charge is 0.267 e. The third kappa shape index (κ3) is 2.75. The van der Waals surface area contributed by atoms with Crippen LogP contribution in [0.5, 0.6) is 0 Å². The summed E-state index contributed by atoms with van der Waals surface area (Å²) in [5.74, 6) is 0.384. The van der Waals surface area contributed by atoms with Crippen LogP contribution in [0.15, 0.2) is 53.3 Å². The van der Waals surface area contributed by atoms with Gasteiger partial charge in [0.05, 0.1) is 14.5 Å². The molecule has 2 aromatic heterocycles. The third-order valence-corrected chi connectivity index (χ3v) is 5.05. The maximum absolute atomic E-state index is 12.8. The number of hydrogen-bond acceptors (Lipinski definition) is 6. The lowest BCUT2D eigenvalue weighted by Crippen LogP contribution is -2.23. The summed E-state index contributed by atoms with van der Waals surface area (Å²) in [5.41, 5.74) is 1.04. The fourth-order valence-corrected chi connectivity index (χ4v) is 3.66. The van der Waals surface area contributed by atoms with Crippen molar-refractivity contribution in [2.45, 2.75) is 0 Å². The minimum absolute atomic E-state index is 0.00400. The van der Waals surface area contributed by atoms with Crippen molar-refractivity contribution in [3.8, 4) is 11.4 Å². The summed E-state index contributed by atoms with van der Waals surface area (Å²) in [6.07, 6.45) is 1.67. The van der Waals surface area contributed by atoms with Crippen molar-refractivity contribution in [3.63, 3.8) is 0 Å². The molecule has 7 nitrogen and oxygen atoms in total. The normalized spacial score (nSPS) is 12.0.